The smallest absolute Gasteiger partial charge is 0.0500 e. The summed E-state index contributed by atoms with van der Waals surface area (Å²) >= 11 is 3.60. The minimum absolute atomic E-state index is 0.591. The maximum absolute atomic E-state index is 5.42. The van der Waals surface area contributed by atoms with E-state index < -0.39 is 0 Å². The molecular weight excluding hydrogens is 240 g/mol. The zero-order valence-corrected chi connectivity index (χ0v) is 9.96. The number of hydrogen-bond donors (Lipinski definition) is 0. The molecule has 1 heterocycles. The van der Waals surface area contributed by atoms with Gasteiger partial charge in [0.05, 0.1) is 6.61 Å². The third-order valence-corrected chi connectivity index (χ3v) is 3.79. The lowest BCUT2D eigenvalue weighted by molar-refractivity contribution is 0.181. The monoisotopic (exact) mass is 254 g/mol. The number of rotatable bonds is 2. The van der Waals surface area contributed by atoms with Crippen molar-refractivity contribution in [3.05, 3.63) is 34.3 Å². The molecule has 2 unspecified atom stereocenters. The van der Waals surface area contributed by atoms with Crippen LogP contribution < -0.4 is 0 Å². The van der Waals surface area contributed by atoms with Crippen molar-refractivity contribution in [3.8, 4) is 0 Å². The van der Waals surface area contributed by atoms with Gasteiger partial charge in [-0.1, -0.05) is 41.1 Å². The fourth-order valence-corrected chi connectivity index (χ4v) is 2.69. The van der Waals surface area contributed by atoms with Gasteiger partial charge in [0.25, 0.3) is 0 Å². The fourth-order valence-electron chi connectivity index (χ4n) is 2.05. The molecule has 1 aromatic rings. The second-order valence-corrected chi connectivity index (χ2v) is 4.79. The van der Waals surface area contributed by atoms with Crippen molar-refractivity contribution in [1.82, 2.24) is 0 Å². The standard InChI is InChI=1S/C12H15BrO/c1-9(10-6-7-14-8-10)11-4-2-3-5-12(11)13/h2-5,9-10H,6-8H2,1H3. The summed E-state index contributed by atoms with van der Waals surface area (Å²) in [7, 11) is 0. The van der Waals surface area contributed by atoms with E-state index in [1.807, 2.05) is 0 Å². The van der Waals surface area contributed by atoms with Crippen LogP contribution in [-0.2, 0) is 4.74 Å². The van der Waals surface area contributed by atoms with Gasteiger partial charge in [0.2, 0.25) is 0 Å². The van der Waals surface area contributed by atoms with Crippen molar-refractivity contribution >= 4 is 15.9 Å². The van der Waals surface area contributed by atoms with Crippen LogP contribution in [0.4, 0.5) is 0 Å². The number of hydrogen-bond acceptors (Lipinski definition) is 1. The second-order valence-electron chi connectivity index (χ2n) is 3.93. The topological polar surface area (TPSA) is 9.23 Å². The van der Waals surface area contributed by atoms with Crippen molar-refractivity contribution in [2.45, 2.75) is 19.3 Å². The van der Waals surface area contributed by atoms with Crippen molar-refractivity contribution in [1.29, 1.82) is 0 Å². The summed E-state index contributed by atoms with van der Waals surface area (Å²) in [5.74, 6) is 1.28. The van der Waals surface area contributed by atoms with Crippen LogP contribution in [0, 0.1) is 5.92 Å². The van der Waals surface area contributed by atoms with E-state index in [4.69, 9.17) is 4.74 Å². The Labute approximate surface area is 93.6 Å². The molecule has 0 spiro atoms. The van der Waals surface area contributed by atoms with Gasteiger partial charge in [-0.15, -0.1) is 0 Å². The fraction of sp³-hybridized carbons (Fsp3) is 0.500. The molecule has 76 valence electrons. The van der Waals surface area contributed by atoms with Crippen LogP contribution in [-0.4, -0.2) is 13.2 Å². The zero-order valence-electron chi connectivity index (χ0n) is 8.37. The third-order valence-electron chi connectivity index (χ3n) is 3.07. The van der Waals surface area contributed by atoms with E-state index in [1.54, 1.807) is 0 Å². The largest absolute Gasteiger partial charge is 0.381 e. The first-order chi connectivity index (χ1) is 6.79. The molecule has 0 aromatic heterocycles. The van der Waals surface area contributed by atoms with Crippen LogP contribution >= 0.6 is 15.9 Å². The normalized spacial score (nSPS) is 23.7. The molecule has 0 amide bonds. The van der Waals surface area contributed by atoms with Gasteiger partial charge in [-0.25, -0.2) is 0 Å². The highest BCUT2D eigenvalue weighted by molar-refractivity contribution is 9.10. The van der Waals surface area contributed by atoms with Gasteiger partial charge in [0, 0.05) is 11.1 Å². The van der Waals surface area contributed by atoms with Crippen molar-refractivity contribution in [2.24, 2.45) is 5.92 Å². The first-order valence-corrected chi connectivity index (χ1v) is 5.90. The Hall–Kier alpha value is -0.340. The minimum Gasteiger partial charge on any atom is -0.381 e. The van der Waals surface area contributed by atoms with E-state index in [0.717, 1.165) is 13.2 Å². The van der Waals surface area contributed by atoms with E-state index >= 15 is 0 Å². The molecule has 0 radical (unpaired) electrons. The third kappa shape index (κ3) is 2.01. The van der Waals surface area contributed by atoms with E-state index in [0.29, 0.717) is 11.8 Å². The predicted octanol–water partition coefficient (Wildman–Crippen LogP) is 3.59. The lowest BCUT2D eigenvalue weighted by Gasteiger charge is -2.19. The zero-order chi connectivity index (χ0) is 9.97. The molecule has 0 aliphatic carbocycles. The van der Waals surface area contributed by atoms with Crippen LogP contribution in [0.2, 0.25) is 0 Å². The number of halogens is 1. The Morgan fingerprint density at radius 1 is 1.43 bits per heavy atom. The van der Waals surface area contributed by atoms with Crippen molar-refractivity contribution in [2.75, 3.05) is 13.2 Å². The average molecular weight is 255 g/mol. The molecule has 1 fully saturated rings. The average Bonchev–Trinajstić information content (AvgIpc) is 2.70. The van der Waals surface area contributed by atoms with Gasteiger partial charge in [-0.2, -0.15) is 0 Å². The van der Waals surface area contributed by atoms with E-state index in [9.17, 15) is 0 Å². The Kier molecular flexibility index (Phi) is 3.24. The van der Waals surface area contributed by atoms with E-state index in [-0.39, 0.29) is 0 Å². The molecule has 0 N–H and O–H groups in total. The quantitative estimate of drug-likeness (QED) is 0.784. The van der Waals surface area contributed by atoms with Gasteiger partial charge < -0.3 is 4.74 Å². The molecule has 1 aliphatic rings. The first kappa shape index (κ1) is 10.2. The van der Waals surface area contributed by atoms with Gasteiger partial charge in [-0.05, 0) is 29.9 Å². The summed E-state index contributed by atoms with van der Waals surface area (Å²) in [4.78, 5) is 0. The molecule has 1 aromatic carbocycles. The molecule has 1 saturated heterocycles. The SMILES string of the molecule is CC(c1ccccc1Br)C1CCOC1. The molecule has 1 aliphatic heterocycles. The Morgan fingerprint density at radius 2 is 2.21 bits per heavy atom. The molecule has 0 saturated carbocycles. The second kappa shape index (κ2) is 4.45. The lowest BCUT2D eigenvalue weighted by atomic mass is 9.87. The van der Waals surface area contributed by atoms with E-state index in [1.165, 1.54) is 16.5 Å². The molecule has 1 nitrogen and oxygen atoms in total. The number of ether oxygens (including phenoxy) is 1. The maximum Gasteiger partial charge on any atom is 0.0500 e. The van der Waals surface area contributed by atoms with Crippen LogP contribution in [0.5, 0.6) is 0 Å². The minimum atomic E-state index is 0.591. The molecule has 2 rings (SSSR count). The highest BCUT2D eigenvalue weighted by Gasteiger charge is 2.24. The lowest BCUT2D eigenvalue weighted by Crippen LogP contribution is -2.10. The Morgan fingerprint density at radius 3 is 2.86 bits per heavy atom. The van der Waals surface area contributed by atoms with Gasteiger partial charge in [0.1, 0.15) is 0 Å². The molecule has 14 heavy (non-hydrogen) atoms. The molecular formula is C12H15BrO. The van der Waals surface area contributed by atoms with Crippen LogP contribution in [0.1, 0.15) is 24.8 Å². The highest BCUT2D eigenvalue weighted by atomic mass is 79.9. The summed E-state index contributed by atoms with van der Waals surface area (Å²) < 4.78 is 6.65. The highest BCUT2D eigenvalue weighted by Crippen LogP contribution is 2.34. The Bertz CT molecular complexity index is 305. The molecule has 2 heteroatoms. The van der Waals surface area contributed by atoms with Gasteiger partial charge in [0.15, 0.2) is 0 Å². The van der Waals surface area contributed by atoms with Gasteiger partial charge in [-0.3, -0.25) is 0 Å². The van der Waals surface area contributed by atoms with Crippen LogP contribution in [0.15, 0.2) is 28.7 Å². The summed E-state index contributed by atoms with van der Waals surface area (Å²) in [6.45, 7) is 4.14. The van der Waals surface area contributed by atoms with Crippen molar-refractivity contribution in [3.63, 3.8) is 0 Å². The van der Waals surface area contributed by atoms with E-state index in [2.05, 4.69) is 47.1 Å². The number of benzene rings is 1. The summed E-state index contributed by atoms with van der Waals surface area (Å²) in [5.41, 5.74) is 1.41. The van der Waals surface area contributed by atoms with Crippen LogP contribution in [0.25, 0.3) is 0 Å². The molecule has 0 bridgehead atoms. The van der Waals surface area contributed by atoms with Gasteiger partial charge >= 0.3 is 0 Å². The van der Waals surface area contributed by atoms with Crippen LogP contribution in [0.3, 0.4) is 0 Å². The maximum atomic E-state index is 5.42. The summed E-state index contributed by atoms with van der Waals surface area (Å²) in [5, 5.41) is 0. The van der Waals surface area contributed by atoms with Crippen molar-refractivity contribution < 1.29 is 4.74 Å². The summed E-state index contributed by atoms with van der Waals surface area (Å²) in [6.07, 6.45) is 1.20. The first-order valence-electron chi connectivity index (χ1n) is 5.11. The predicted molar refractivity (Wildman–Crippen MR) is 61.5 cm³/mol. The summed E-state index contributed by atoms with van der Waals surface area (Å²) in [6, 6.07) is 8.48. The molecule has 2 atom stereocenters. The Balaban J connectivity index is 2.17.